The Kier molecular flexibility index (Phi) is 4.74. The average molecular weight is 373 g/mol. The minimum absolute atomic E-state index is 0.0137. The Morgan fingerprint density at radius 2 is 2.00 bits per heavy atom. The van der Waals surface area contributed by atoms with Crippen LogP contribution in [0.2, 0.25) is 0 Å². The number of carbonyl (C=O) groups excluding carboxylic acids is 1. The van der Waals surface area contributed by atoms with Gasteiger partial charge >= 0.3 is 0 Å². The van der Waals surface area contributed by atoms with Crippen molar-refractivity contribution in [2.24, 2.45) is 16.7 Å². The number of hydrogen-bond acceptors (Lipinski definition) is 4. The molecule has 0 radical (unpaired) electrons. The van der Waals surface area contributed by atoms with E-state index in [1.54, 1.807) is 0 Å². The molecule has 5 nitrogen and oxygen atoms in total. The molecule has 5 heteroatoms. The van der Waals surface area contributed by atoms with Crippen molar-refractivity contribution in [3.63, 3.8) is 0 Å². The predicted octanol–water partition coefficient (Wildman–Crippen LogP) is 4.20. The van der Waals surface area contributed by atoms with Crippen molar-refractivity contribution in [3.05, 3.63) is 45.0 Å². The number of Topliss-reactive ketones (excluding diaryl/α,β-unsaturated/α-hetero) is 1. The van der Waals surface area contributed by atoms with Gasteiger partial charge in [-0.05, 0) is 55.6 Å². The zero-order chi connectivity index (χ0) is 20.2. The van der Waals surface area contributed by atoms with Crippen LogP contribution in [-0.4, -0.2) is 28.0 Å². The topological polar surface area (TPSA) is 80.4 Å². The molecule has 2 saturated carbocycles. The first-order chi connectivity index (χ1) is 12.4. The number of nitro groups is 1. The van der Waals surface area contributed by atoms with Crippen molar-refractivity contribution in [2.45, 2.75) is 71.8 Å². The third-order valence-corrected chi connectivity index (χ3v) is 8.02. The first kappa shape index (κ1) is 20.0. The molecule has 2 fully saturated rings. The maximum Gasteiger partial charge on any atom is 0.211 e. The summed E-state index contributed by atoms with van der Waals surface area (Å²) in [6.45, 7) is 9.93. The number of fused-ring (bicyclic) bond motifs is 2. The van der Waals surface area contributed by atoms with Gasteiger partial charge in [0, 0.05) is 16.8 Å². The number of carbonyl (C=O) groups is 1. The Balaban J connectivity index is 1.91. The zero-order valence-electron chi connectivity index (χ0n) is 17.0. The number of aliphatic hydroxyl groups is 1. The van der Waals surface area contributed by atoms with Gasteiger partial charge in [0.05, 0.1) is 5.92 Å². The zero-order valence-corrected chi connectivity index (χ0v) is 17.0. The van der Waals surface area contributed by atoms with Crippen molar-refractivity contribution in [1.82, 2.24) is 0 Å². The van der Waals surface area contributed by atoms with Crippen LogP contribution < -0.4 is 0 Å². The molecule has 0 heterocycles. The summed E-state index contributed by atoms with van der Waals surface area (Å²) >= 11 is 0. The highest BCUT2D eigenvalue weighted by Crippen LogP contribution is 2.70. The molecule has 2 aliphatic rings. The first-order valence-electron chi connectivity index (χ1n) is 9.87. The molecule has 0 aliphatic heterocycles. The number of hydrogen-bond donors (Lipinski definition) is 1. The highest BCUT2D eigenvalue weighted by molar-refractivity contribution is 5.89. The molecular weight excluding hydrogens is 342 g/mol. The second-order valence-corrected chi connectivity index (χ2v) is 9.55. The van der Waals surface area contributed by atoms with Gasteiger partial charge < -0.3 is 5.11 Å². The molecule has 1 aromatic carbocycles. The summed E-state index contributed by atoms with van der Waals surface area (Å²) in [5.74, 6) is -0.415. The maximum atomic E-state index is 13.3. The summed E-state index contributed by atoms with van der Waals surface area (Å²) in [5.41, 5.74) is 0.928. The average Bonchev–Trinajstić information content (AvgIpc) is 2.86. The second kappa shape index (κ2) is 6.40. The number of ketones is 1. The third kappa shape index (κ3) is 2.91. The molecule has 1 N–H and O–H groups in total. The smallest absolute Gasteiger partial charge is 0.211 e. The normalized spacial score (nSPS) is 32.4. The van der Waals surface area contributed by atoms with Crippen LogP contribution in [0.15, 0.2) is 18.2 Å². The van der Waals surface area contributed by atoms with Gasteiger partial charge in [0.2, 0.25) is 6.54 Å². The fraction of sp³-hybridized carbons (Fsp3) is 0.682. The van der Waals surface area contributed by atoms with Crippen molar-refractivity contribution in [1.29, 1.82) is 0 Å². The summed E-state index contributed by atoms with van der Waals surface area (Å²) in [4.78, 5) is 24.2. The highest BCUT2D eigenvalue weighted by atomic mass is 16.6. The monoisotopic (exact) mass is 373 g/mol. The van der Waals surface area contributed by atoms with Crippen molar-refractivity contribution >= 4 is 5.78 Å². The largest absolute Gasteiger partial charge is 0.381 e. The van der Waals surface area contributed by atoms with Crippen LogP contribution in [0.1, 0.15) is 69.1 Å². The van der Waals surface area contributed by atoms with Crippen LogP contribution >= 0.6 is 0 Å². The summed E-state index contributed by atoms with van der Waals surface area (Å²) in [5, 5.41) is 22.7. The van der Waals surface area contributed by atoms with E-state index in [9.17, 15) is 20.0 Å². The molecule has 148 valence electrons. The molecule has 3 rings (SSSR count). The van der Waals surface area contributed by atoms with E-state index in [0.29, 0.717) is 12.3 Å². The summed E-state index contributed by atoms with van der Waals surface area (Å²) < 4.78 is 0. The fourth-order valence-electron chi connectivity index (χ4n) is 5.83. The summed E-state index contributed by atoms with van der Waals surface area (Å²) in [6, 6.07) is 5.81. The lowest BCUT2D eigenvalue weighted by Gasteiger charge is -2.44. The van der Waals surface area contributed by atoms with Crippen molar-refractivity contribution in [3.8, 4) is 0 Å². The van der Waals surface area contributed by atoms with Gasteiger partial charge in [-0.1, -0.05) is 44.5 Å². The van der Waals surface area contributed by atoms with E-state index in [2.05, 4.69) is 13.8 Å². The number of nitrogens with zero attached hydrogens (tertiary/aromatic N) is 1. The van der Waals surface area contributed by atoms with Crippen LogP contribution in [0.3, 0.4) is 0 Å². The minimum atomic E-state index is -1.38. The molecule has 2 bridgehead atoms. The number of aryl methyl sites for hydroxylation is 2. The summed E-state index contributed by atoms with van der Waals surface area (Å²) in [6.07, 6.45) is 2.36. The Bertz CT molecular complexity index is 787. The van der Waals surface area contributed by atoms with Crippen LogP contribution in [0.4, 0.5) is 0 Å². The van der Waals surface area contributed by atoms with E-state index in [1.165, 1.54) is 0 Å². The van der Waals surface area contributed by atoms with E-state index >= 15 is 0 Å². The first-order valence-corrected chi connectivity index (χ1v) is 9.87. The van der Waals surface area contributed by atoms with Crippen LogP contribution in [0.25, 0.3) is 0 Å². The van der Waals surface area contributed by atoms with Gasteiger partial charge in [0.1, 0.15) is 5.60 Å². The second-order valence-electron chi connectivity index (χ2n) is 9.55. The summed E-state index contributed by atoms with van der Waals surface area (Å²) in [7, 11) is 0. The maximum absolute atomic E-state index is 13.3. The molecule has 0 spiro atoms. The highest BCUT2D eigenvalue weighted by Gasteiger charge is 2.70. The number of rotatable bonds is 6. The van der Waals surface area contributed by atoms with E-state index in [0.717, 1.165) is 29.5 Å². The van der Waals surface area contributed by atoms with Gasteiger partial charge in [-0.2, -0.15) is 0 Å². The predicted molar refractivity (Wildman–Crippen MR) is 104 cm³/mol. The standard InChI is InChI=1S/C22H31NO4/c1-14-6-7-18(15(2)10-14)16(13-23(26)27)11-19(24)22(25)12-17-8-9-21(22,5)20(17,3)4/h6-7,10,16-17,25H,8-9,11-13H2,1-5H3/t16-,17-,21-,22+/m1/s1. The van der Waals surface area contributed by atoms with Crippen molar-refractivity contribution in [2.75, 3.05) is 6.54 Å². The lowest BCUT2D eigenvalue weighted by Crippen LogP contribution is -2.53. The fourth-order valence-corrected chi connectivity index (χ4v) is 5.83. The van der Waals surface area contributed by atoms with Gasteiger partial charge in [0.15, 0.2) is 5.78 Å². The van der Waals surface area contributed by atoms with Crippen LogP contribution in [0.5, 0.6) is 0 Å². The van der Waals surface area contributed by atoms with E-state index < -0.39 is 16.9 Å². The minimum Gasteiger partial charge on any atom is -0.381 e. The molecule has 2 aliphatic carbocycles. The lowest BCUT2D eigenvalue weighted by molar-refractivity contribution is -0.483. The van der Waals surface area contributed by atoms with Gasteiger partial charge in [-0.15, -0.1) is 0 Å². The Morgan fingerprint density at radius 1 is 1.33 bits per heavy atom. The number of benzene rings is 1. The van der Waals surface area contributed by atoms with Crippen LogP contribution in [-0.2, 0) is 4.79 Å². The Labute approximate surface area is 161 Å². The van der Waals surface area contributed by atoms with Gasteiger partial charge in [0.25, 0.3) is 0 Å². The van der Waals surface area contributed by atoms with E-state index in [1.807, 2.05) is 39.0 Å². The van der Waals surface area contributed by atoms with Crippen LogP contribution in [0, 0.1) is 40.7 Å². The van der Waals surface area contributed by atoms with E-state index in [4.69, 9.17) is 0 Å². The van der Waals surface area contributed by atoms with E-state index in [-0.39, 0.29) is 29.1 Å². The lowest BCUT2D eigenvalue weighted by atomic mass is 9.62. The van der Waals surface area contributed by atoms with Crippen molar-refractivity contribution < 1.29 is 14.8 Å². The molecule has 0 aromatic heterocycles. The molecule has 4 atom stereocenters. The molecule has 0 unspecified atom stereocenters. The molecule has 1 aromatic rings. The third-order valence-electron chi connectivity index (χ3n) is 8.02. The molecule has 0 saturated heterocycles. The molecule has 0 amide bonds. The molecular formula is C22H31NO4. The van der Waals surface area contributed by atoms with Gasteiger partial charge in [-0.3, -0.25) is 14.9 Å². The Hall–Kier alpha value is -1.75. The Morgan fingerprint density at radius 3 is 2.48 bits per heavy atom. The quantitative estimate of drug-likeness (QED) is 0.598. The molecule has 27 heavy (non-hydrogen) atoms. The SMILES string of the molecule is Cc1ccc([C@H](CC(=O)[C@@]2(O)C[C@H]3CC[C@]2(C)C3(C)C)C[N+](=O)[O-])c(C)c1. The van der Waals surface area contributed by atoms with Gasteiger partial charge in [-0.25, -0.2) is 0 Å².